The van der Waals surface area contributed by atoms with Crippen LogP contribution in [0.15, 0.2) is 59.3 Å². The van der Waals surface area contributed by atoms with Gasteiger partial charge in [0, 0.05) is 44.2 Å². The third kappa shape index (κ3) is 4.41. The van der Waals surface area contributed by atoms with E-state index in [4.69, 9.17) is 9.15 Å². The minimum Gasteiger partial charge on any atom is -0.437 e. The summed E-state index contributed by atoms with van der Waals surface area (Å²) in [6.45, 7) is 1.81. The zero-order valence-electron chi connectivity index (χ0n) is 15.0. The fourth-order valence-electron chi connectivity index (χ4n) is 3.19. The zero-order valence-corrected chi connectivity index (χ0v) is 15.0. The molecule has 6 heteroatoms. The summed E-state index contributed by atoms with van der Waals surface area (Å²) in [5.41, 5.74) is 2.46. The van der Waals surface area contributed by atoms with E-state index < -0.39 is 0 Å². The molecule has 1 unspecified atom stereocenters. The maximum Gasteiger partial charge on any atom is 0.247 e. The highest BCUT2D eigenvalue weighted by Gasteiger charge is 2.22. The summed E-state index contributed by atoms with van der Waals surface area (Å²) >= 11 is 0. The van der Waals surface area contributed by atoms with Crippen LogP contribution in [0.3, 0.4) is 0 Å². The topological polar surface area (TPSA) is 68.5 Å². The van der Waals surface area contributed by atoms with Crippen LogP contribution in [-0.4, -0.2) is 40.0 Å². The van der Waals surface area contributed by atoms with E-state index >= 15 is 0 Å². The third-order valence-corrected chi connectivity index (χ3v) is 4.53. The van der Waals surface area contributed by atoms with Gasteiger partial charge >= 0.3 is 0 Å². The fraction of sp³-hybridized carbons (Fsp3) is 0.286. The number of carbonyl (C=O) groups is 1. The van der Waals surface area contributed by atoms with Gasteiger partial charge in [-0.1, -0.05) is 18.2 Å². The van der Waals surface area contributed by atoms with E-state index in [0.717, 1.165) is 30.5 Å². The molecule has 138 valence electrons. The highest BCUT2D eigenvalue weighted by Crippen LogP contribution is 2.17. The Morgan fingerprint density at radius 1 is 1.26 bits per heavy atom. The number of fused-ring (bicyclic) bond motifs is 1. The largest absolute Gasteiger partial charge is 0.437 e. The standard InChI is InChI=1S/C21H21N3O3/c25-21(10-9-20-23-18-7-1-2-8-19(18)27-20)24(15-17-6-4-12-26-17)14-16-5-3-11-22-13-16/h1-3,5,7-11,13,17H,4,6,12,14-15H2. The van der Waals surface area contributed by atoms with Crippen molar-refractivity contribution in [2.45, 2.75) is 25.5 Å². The molecule has 0 N–H and O–H groups in total. The number of ether oxygens (including phenoxy) is 1. The quantitative estimate of drug-likeness (QED) is 0.628. The predicted molar refractivity (Wildman–Crippen MR) is 102 cm³/mol. The van der Waals surface area contributed by atoms with Gasteiger partial charge in [-0.25, -0.2) is 4.98 Å². The number of hydrogen-bond donors (Lipinski definition) is 0. The lowest BCUT2D eigenvalue weighted by Gasteiger charge is -2.24. The van der Waals surface area contributed by atoms with Crippen LogP contribution in [0.5, 0.6) is 0 Å². The molecule has 1 atom stereocenters. The Morgan fingerprint density at radius 3 is 2.96 bits per heavy atom. The van der Waals surface area contributed by atoms with Gasteiger partial charge in [0.1, 0.15) is 5.52 Å². The first kappa shape index (κ1) is 17.4. The van der Waals surface area contributed by atoms with Crippen LogP contribution < -0.4 is 0 Å². The monoisotopic (exact) mass is 363 g/mol. The molecule has 0 aliphatic carbocycles. The number of pyridine rings is 1. The minimum absolute atomic E-state index is 0.0864. The SMILES string of the molecule is O=C(C=Cc1nc2ccccc2o1)N(Cc1cccnc1)CC1CCCO1. The summed E-state index contributed by atoms with van der Waals surface area (Å²) in [5, 5.41) is 0. The Morgan fingerprint density at radius 2 is 2.19 bits per heavy atom. The van der Waals surface area contributed by atoms with Crippen molar-refractivity contribution in [2.75, 3.05) is 13.2 Å². The average molecular weight is 363 g/mol. The normalized spacial score (nSPS) is 17.0. The number of aromatic nitrogens is 2. The van der Waals surface area contributed by atoms with Crippen molar-refractivity contribution >= 4 is 23.1 Å². The highest BCUT2D eigenvalue weighted by molar-refractivity contribution is 5.91. The van der Waals surface area contributed by atoms with E-state index in [2.05, 4.69) is 9.97 Å². The smallest absolute Gasteiger partial charge is 0.247 e. The summed E-state index contributed by atoms with van der Waals surface area (Å²) in [7, 11) is 0. The lowest BCUT2D eigenvalue weighted by Crippen LogP contribution is -2.35. The number of benzene rings is 1. The van der Waals surface area contributed by atoms with Crippen LogP contribution in [0.1, 0.15) is 24.3 Å². The Kier molecular flexibility index (Phi) is 5.25. The number of amides is 1. The maximum absolute atomic E-state index is 12.8. The Labute approximate surface area is 157 Å². The highest BCUT2D eigenvalue weighted by atomic mass is 16.5. The summed E-state index contributed by atoms with van der Waals surface area (Å²) in [6.07, 6.45) is 8.74. The Hall–Kier alpha value is -2.99. The summed E-state index contributed by atoms with van der Waals surface area (Å²) in [6, 6.07) is 11.4. The molecule has 1 aromatic carbocycles. The molecule has 0 radical (unpaired) electrons. The van der Waals surface area contributed by atoms with Crippen molar-refractivity contribution in [3.8, 4) is 0 Å². The van der Waals surface area contributed by atoms with Gasteiger partial charge in [-0.15, -0.1) is 0 Å². The Bertz CT molecular complexity index is 897. The van der Waals surface area contributed by atoms with Gasteiger partial charge in [-0.2, -0.15) is 0 Å². The van der Waals surface area contributed by atoms with E-state index in [1.165, 1.54) is 6.08 Å². The molecule has 1 amide bonds. The molecule has 0 saturated carbocycles. The first-order valence-electron chi connectivity index (χ1n) is 9.11. The Balaban J connectivity index is 1.49. The number of rotatable bonds is 6. The number of oxazole rings is 1. The van der Waals surface area contributed by atoms with E-state index in [-0.39, 0.29) is 12.0 Å². The lowest BCUT2D eigenvalue weighted by molar-refractivity contribution is -0.128. The summed E-state index contributed by atoms with van der Waals surface area (Å²) in [5.74, 6) is 0.319. The molecule has 1 saturated heterocycles. The van der Waals surface area contributed by atoms with Gasteiger partial charge < -0.3 is 14.1 Å². The van der Waals surface area contributed by atoms with Gasteiger partial charge in [0.15, 0.2) is 5.58 Å². The molecule has 0 bridgehead atoms. The van der Waals surface area contributed by atoms with Crippen molar-refractivity contribution in [3.63, 3.8) is 0 Å². The van der Waals surface area contributed by atoms with Crippen molar-refractivity contribution in [3.05, 3.63) is 66.3 Å². The van der Waals surface area contributed by atoms with Crippen molar-refractivity contribution in [1.29, 1.82) is 0 Å². The molecular formula is C21H21N3O3. The number of carbonyl (C=O) groups excluding carboxylic acids is 1. The van der Waals surface area contributed by atoms with E-state index in [9.17, 15) is 4.79 Å². The molecule has 3 heterocycles. The van der Waals surface area contributed by atoms with Gasteiger partial charge in [0.2, 0.25) is 11.8 Å². The molecule has 4 rings (SSSR count). The molecule has 3 aromatic rings. The van der Waals surface area contributed by atoms with Crippen molar-refractivity contribution < 1.29 is 13.9 Å². The van der Waals surface area contributed by atoms with Crippen molar-refractivity contribution in [1.82, 2.24) is 14.9 Å². The summed E-state index contributed by atoms with van der Waals surface area (Å²) < 4.78 is 11.4. The number of para-hydroxylation sites is 2. The number of hydrogen-bond acceptors (Lipinski definition) is 5. The second-order valence-corrected chi connectivity index (χ2v) is 6.57. The molecular weight excluding hydrogens is 342 g/mol. The van der Waals surface area contributed by atoms with Crippen LogP contribution in [0.4, 0.5) is 0 Å². The fourth-order valence-corrected chi connectivity index (χ4v) is 3.19. The second-order valence-electron chi connectivity index (χ2n) is 6.57. The molecule has 1 aliphatic rings. The van der Waals surface area contributed by atoms with Gasteiger partial charge in [0.25, 0.3) is 0 Å². The minimum atomic E-state index is -0.100. The van der Waals surface area contributed by atoms with Crippen LogP contribution >= 0.6 is 0 Å². The number of nitrogens with zero attached hydrogens (tertiary/aromatic N) is 3. The van der Waals surface area contributed by atoms with Crippen LogP contribution in [-0.2, 0) is 16.1 Å². The van der Waals surface area contributed by atoms with E-state index in [1.807, 2.05) is 36.4 Å². The van der Waals surface area contributed by atoms with Gasteiger partial charge in [0.05, 0.1) is 6.10 Å². The third-order valence-electron chi connectivity index (χ3n) is 4.53. The second kappa shape index (κ2) is 8.14. The zero-order chi connectivity index (χ0) is 18.5. The van der Waals surface area contributed by atoms with Crippen molar-refractivity contribution in [2.24, 2.45) is 0 Å². The first-order valence-corrected chi connectivity index (χ1v) is 9.11. The van der Waals surface area contributed by atoms with Crippen LogP contribution in [0.2, 0.25) is 0 Å². The summed E-state index contributed by atoms with van der Waals surface area (Å²) in [4.78, 5) is 23.1. The molecule has 6 nitrogen and oxygen atoms in total. The van der Waals surface area contributed by atoms with Crippen LogP contribution in [0, 0.1) is 0 Å². The van der Waals surface area contributed by atoms with Gasteiger partial charge in [-0.05, 0) is 36.6 Å². The molecule has 1 aliphatic heterocycles. The first-order chi connectivity index (χ1) is 13.3. The predicted octanol–water partition coefficient (Wildman–Crippen LogP) is 3.44. The van der Waals surface area contributed by atoms with E-state index in [1.54, 1.807) is 23.4 Å². The van der Waals surface area contributed by atoms with Gasteiger partial charge in [-0.3, -0.25) is 9.78 Å². The molecule has 0 spiro atoms. The molecule has 1 fully saturated rings. The maximum atomic E-state index is 12.8. The van der Waals surface area contributed by atoms with E-state index in [0.29, 0.717) is 24.6 Å². The molecule has 27 heavy (non-hydrogen) atoms. The van der Waals surface area contributed by atoms with Crippen LogP contribution in [0.25, 0.3) is 17.2 Å². The molecule has 2 aromatic heterocycles. The lowest BCUT2D eigenvalue weighted by atomic mass is 10.2. The average Bonchev–Trinajstić information content (AvgIpc) is 3.35.